The van der Waals surface area contributed by atoms with E-state index >= 15 is 0 Å². The van der Waals surface area contributed by atoms with Crippen molar-refractivity contribution in [3.63, 3.8) is 0 Å². The van der Waals surface area contributed by atoms with Gasteiger partial charge in [-0.3, -0.25) is 19.3 Å². The summed E-state index contributed by atoms with van der Waals surface area (Å²) in [5, 5.41) is 2.85. The zero-order chi connectivity index (χ0) is 23.5. The van der Waals surface area contributed by atoms with Gasteiger partial charge in [0.05, 0.1) is 0 Å². The second-order valence-corrected chi connectivity index (χ2v) is 10.3. The number of piperidine rings is 1. The molecule has 0 aromatic rings. The fourth-order valence-corrected chi connectivity index (χ4v) is 5.49. The molecule has 0 aromatic carbocycles. The third-order valence-electron chi connectivity index (χ3n) is 8.16. The molecule has 1 aliphatic carbocycles. The van der Waals surface area contributed by atoms with Crippen LogP contribution in [0.5, 0.6) is 0 Å². The van der Waals surface area contributed by atoms with Gasteiger partial charge in [0.25, 0.3) is 11.8 Å². The minimum atomic E-state index is -0.907. The molecule has 1 atom stereocenters. The van der Waals surface area contributed by atoms with Crippen LogP contribution >= 0.6 is 0 Å². The number of urea groups is 1. The first-order valence-corrected chi connectivity index (χ1v) is 12.2. The Labute approximate surface area is 191 Å². The molecule has 1 saturated carbocycles. The summed E-state index contributed by atoms with van der Waals surface area (Å²) in [4.78, 5) is 53.2. The van der Waals surface area contributed by atoms with Crippen LogP contribution in [0.4, 0.5) is 4.79 Å². The molecule has 0 radical (unpaired) electrons. The molecule has 4 amide bonds. The molecule has 0 bridgehead atoms. The Morgan fingerprint density at radius 1 is 1.12 bits per heavy atom. The van der Waals surface area contributed by atoms with Gasteiger partial charge in [-0.1, -0.05) is 34.1 Å². The number of amides is 4. The first kappa shape index (κ1) is 24.5. The second-order valence-electron chi connectivity index (χ2n) is 10.3. The molecule has 8 heteroatoms. The van der Waals surface area contributed by atoms with Crippen molar-refractivity contribution in [2.24, 2.45) is 11.3 Å². The van der Waals surface area contributed by atoms with Crippen molar-refractivity contribution in [1.29, 1.82) is 0 Å². The lowest BCUT2D eigenvalue weighted by Gasteiger charge is -2.42. The van der Waals surface area contributed by atoms with Crippen LogP contribution in [-0.2, 0) is 19.1 Å². The summed E-state index contributed by atoms with van der Waals surface area (Å²) in [7, 11) is 0. The van der Waals surface area contributed by atoms with Gasteiger partial charge >= 0.3 is 12.0 Å². The summed E-state index contributed by atoms with van der Waals surface area (Å²) in [6.45, 7) is 8.60. The molecule has 2 aliphatic heterocycles. The van der Waals surface area contributed by atoms with E-state index in [1.54, 1.807) is 4.90 Å². The predicted molar refractivity (Wildman–Crippen MR) is 120 cm³/mol. The van der Waals surface area contributed by atoms with E-state index in [1.807, 2.05) is 6.92 Å². The number of esters is 1. The minimum absolute atomic E-state index is 0.188. The van der Waals surface area contributed by atoms with Gasteiger partial charge in [-0.25, -0.2) is 4.79 Å². The number of nitrogens with one attached hydrogen (secondary N) is 1. The van der Waals surface area contributed by atoms with Crippen LogP contribution in [0.25, 0.3) is 0 Å². The monoisotopic (exact) mass is 449 g/mol. The number of carbonyl (C=O) groups is 4. The van der Waals surface area contributed by atoms with Crippen LogP contribution in [0.2, 0.25) is 0 Å². The predicted octanol–water partition coefficient (Wildman–Crippen LogP) is 3.24. The van der Waals surface area contributed by atoms with Gasteiger partial charge in [-0.15, -0.1) is 0 Å². The number of rotatable bonds is 7. The normalized spacial score (nSPS) is 28.8. The molecular weight excluding hydrogens is 410 g/mol. The van der Waals surface area contributed by atoms with Gasteiger partial charge in [0.2, 0.25) is 0 Å². The SMILES string of the molecule is CCC1CCCCN1C(=O)COC(=O)CN1C(=O)NC2(CCC(C(C)(C)CC)CC2)C1=O. The molecule has 2 saturated heterocycles. The van der Waals surface area contributed by atoms with E-state index < -0.39 is 24.1 Å². The molecule has 1 N–H and O–H groups in total. The van der Waals surface area contributed by atoms with E-state index in [9.17, 15) is 19.2 Å². The Balaban J connectivity index is 1.52. The summed E-state index contributed by atoms with van der Waals surface area (Å²) < 4.78 is 5.16. The third kappa shape index (κ3) is 4.94. The zero-order valence-corrected chi connectivity index (χ0v) is 20.1. The minimum Gasteiger partial charge on any atom is -0.454 e. The highest BCUT2D eigenvalue weighted by Crippen LogP contribution is 2.45. The number of hydrogen-bond donors (Lipinski definition) is 1. The lowest BCUT2D eigenvalue weighted by atomic mass is 9.65. The highest BCUT2D eigenvalue weighted by atomic mass is 16.5. The molecule has 2 heterocycles. The van der Waals surface area contributed by atoms with Crippen LogP contribution in [0.15, 0.2) is 0 Å². The Morgan fingerprint density at radius 3 is 2.44 bits per heavy atom. The molecule has 3 aliphatic rings. The Kier molecular flexibility index (Phi) is 7.50. The van der Waals surface area contributed by atoms with Crippen molar-refractivity contribution in [3.8, 4) is 0 Å². The van der Waals surface area contributed by atoms with Gasteiger partial charge in [-0.05, 0) is 62.7 Å². The van der Waals surface area contributed by atoms with Crippen molar-refractivity contribution in [1.82, 2.24) is 15.1 Å². The van der Waals surface area contributed by atoms with Crippen molar-refractivity contribution < 1.29 is 23.9 Å². The van der Waals surface area contributed by atoms with Crippen LogP contribution < -0.4 is 5.32 Å². The molecular formula is C24H39N3O5. The lowest BCUT2D eigenvalue weighted by Crippen LogP contribution is -2.51. The van der Waals surface area contributed by atoms with Crippen LogP contribution in [0, 0.1) is 11.3 Å². The standard InChI is InChI=1S/C24H39N3O5/c1-5-18-9-7-8-14-26(18)19(28)16-32-20(29)15-27-21(30)24(25-22(27)31)12-10-17(11-13-24)23(3,4)6-2/h17-18H,5-16H2,1-4H3,(H,25,31). The van der Waals surface area contributed by atoms with Crippen molar-refractivity contribution in [2.75, 3.05) is 19.7 Å². The summed E-state index contributed by atoms with van der Waals surface area (Å²) in [5.74, 6) is -0.782. The number of imide groups is 1. The first-order chi connectivity index (χ1) is 15.1. The van der Waals surface area contributed by atoms with Crippen molar-refractivity contribution in [2.45, 2.75) is 97.1 Å². The largest absolute Gasteiger partial charge is 0.454 e. The molecule has 8 nitrogen and oxygen atoms in total. The number of ether oxygens (including phenoxy) is 1. The average molecular weight is 450 g/mol. The Bertz CT molecular complexity index is 742. The maximum atomic E-state index is 13.1. The quantitative estimate of drug-likeness (QED) is 0.475. The fourth-order valence-electron chi connectivity index (χ4n) is 5.49. The number of likely N-dealkylation sites (tertiary alicyclic amines) is 1. The number of hydrogen-bond acceptors (Lipinski definition) is 5. The molecule has 1 unspecified atom stereocenters. The molecule has 180 valence electrons. The topological polar surface area (TPSA) is 96.0 Å². The number of carbonyl (C=O) groups excluding carboxylic acids is 4. The lowest BCUT2D eigenvalue weighted by molar-refractivity contribution is -0.155. The van der Waals surface area contributed by atoms with E-state index in [0.29, 0.717) is 25.3 Å². The Morgan fingerprint density at radius 2 is 1.81 bits per heavy atom. The van der Waals surface area contributed by atoms with Gasteiger partial charge < -0.3 is 15.0 Å². The Hall–Kier alpha value is -2.12. The molecule has 32 heavy (non-hydrogen) atoms. The summed E-state index contributed by atoms with van der Waals surface area (Å²) in [6, 6.07) is -0.359. The molecule has 3 rings (SSSR count). The fraction of sp³-hybridized carbons (Fsp3) is 0.833. The maximum Gasteiger partial charge on any atom is 0.326 e. The first-order valence-electron chi connectivity index (χ1n) is 12.2. The van der Waals surface area contributed by atoms with Gasteiger partial charge in [-0.2, -0.15) is 0 Å². The molecule has 0 aromatic heterocycles. The van der Waals surface area contributed by atoms with Crippen LogP contribution in [0.3, 0.4) is 0 Å². The smallest absolute Gasteiger partial charge is 0.326 e. The van der Waals surface area contributed by atoms with E-state index in [4.69, 9.17) is 4.74 Å². The molecule has 3 fully saturated rings. The zero-order valence-electron chi connectivity index (χ0n) is 20.1. The van der Waals surface area contributed by atoms with E-state index in [1.165, 1.54) is 0 Å². The van der Waals surface area contributed by atoms with E-state index in [0.717, 1.165) is 49.8 Å². The second kappa shape index (κ2) is 9.79. The maximum absolute atomic E-state index is 13.1. The van der Waals surface area contributed by atoms with Gasteiger partial charge in [0, 0.05) is 12.6 Å². The van der Waals surface area contributed by atoms with E-state index in [2.05, 4.69) is 26.1 Å². The van der Waals surface area contributed by atoms with E-state index in [-0.39, 0.29) is 29.9 Å². The van der Waals surface area contributed by atoms with Crippen molar-refractivity contribution in [3.05, 3.63) is 0 Å². The van der Waals surface area contributed by atoms with Gasteiger partial charge in [0.15, 0.2) is 6.61 Å². The third-order valence-corrected chi connectivity index (χ3v) is 8.16. The number of nitrogens with zero attached hydrogens (tertiary/aromatic N) is 2. The van der Waals surface area contributed by atoms with Crippen molar-refractivity contribution >= 4 is 23.8 Å². The van der Waals surface area contributed by atoms with Crippen LogP contribution in [0.1, 0.15) is 85.5 Å². The summed E-state index contributed by atoms with van der Waals surface area (Å²) in [5.41, 5.74) is -0.704. The highest BCUT2D eigenvalue weighted by Gasteiger charge is 2.53. The summed E-state index contributed by atoms with van der Waals surface area (Å²) >= 11 is 0. The highest BCUT2D eigenvalue weighted by molar-refractivity contribution is 6.08. The molecule has 1 spiro atoms. The summed E-state index contributed by atoms with van der Waals surface area (Å²) in [6.07, 6.45) is 7.88. The van der Waals surface area contributed by atoms with Crippen LogP contribution in [-0.4, -0.2) is 64.9 Å². The average Bonchev–Trinajstić information content (AvgIpc) is 3.01. The van der Waals surface area contributed by atoms with Gasteiger partial charge in [0.1, 0.15) is 12.1 Å².